The van der Waals surface area contributed by atoms with E-state index in [4.69, 9.17) is 0 Å². The average molecular weight is 339 g/mol. The van der Waals surface area contributed by atoms with Crippen molar-refractivity contribution in [1.29, 1.82) is 0 Å². The standard InChI is InChI=1S/C21H29N3O/c1-3-17(2)15-21(25)24-20(16-18-7-5-4-6-8-18)11-14-23-19-9-12-22-13-10-19/h4-10,12-13,17,20H,3,11,14-16H2,1-2H3,(H,22,23)(H,24,25). The third kappa shape index (κ3) is 7.38. The number of rotatable bonds is 10. The summed E-state index contributed by atoms with van der Waals surface area (Å²) in [6.45, 7) is 5.06. The van der Waals surface area contributed by atoms with Crippen LogP contribution in [0.5, 0.6) is 0 Å². The molecule has 1 aromatic heterocycles. The van der Waals surface area contributed by atoms with Gasteiger partial charge < -0.3 is 10.6 Å². The van der Waals surface area contributed by atoms with Gasteiger partial charge in [-0.3, -0.25) is 9.78 Å². The lowest BCUT2D eigenvalue weighted by molar-refractivity contribution is -0.122. The van der Waals surface area contributed by atoms with Crippen molar-refractivity contribution >= 4 is 11.6 Å². The number of carbonyl (C=O) groups excluding carboxylic acids is 1. The minimum Gasteiger partial charge on any atom is -0.385 e. The quantitative estimate of drug-likeness (QED) is 0.687. The normalized spacial score (nSPS) is 13.0. The Labute approximate surface area is 151 Å². The smallest absolute Gasteiger partial charge is 0.220 e. The molecule has 0 aliphatic heterocycles. The second-order valence-electron chi connectivity index (χ2n) is 6.62. The van der Waals surface area contributed by atoms with Crippen LogP contribution in [0.1, 0.15) is 38.7 Å². The summed E-state index contributed by atoms with van der Waals surface area (Å²) in [6.07, 6.45) is 6.91. The van der Waals surface area contributed by atoms with Gasteiger partial charge in [0.2, 0.25) is 5.91 Å². The first kappa shape index (κ1) is 19.0. The van der Waals surface area contributed by atoms with Gasteiger partial charge in [0.1, 0.15) is 0 Å². The van der Waals surface area contributed by atoms with Crippen LogP contribution in [0.2, 0.25) is 0 Å². The van der Waals surface area contributed by atoms with Gasteiger partial charge in [0.25, 0.3) is 0 Å². The highest BCUT2D eigenvalue weighted by Crippen LogP contribution is 2.10. The Morgan fingerprint density at radius 3 is 2.52 bits per heavy atom. The summed E-state index contributed by atoms with van der Waals surface area (Å²) in [5.74, 6) is 0.575. The van der Waals surface area contributed by atoms with E-state index in [1.807, 2.05) is 30.3 Å². The number of hydrogen-bond donors (Lipinski definition) is 2. The summed E-state index contributed by atoms with van der Waals surface area (Å²) in [6, 6.07) is 14.4. The Kier molecular flexibility index (Phi) is 7.96. The third-order valence-electron chi connectivity index (χ3n) is 4.42. The van der Waals surface area contributed by atoms with E-state index < -0.39 is 0 Å². The van der Waals surface area contributed by atoms with Crippen LogP contribution in [-0.2, 0) is 11.2 Å². The molecular weight excluding hydrogens is 310 g/mol. The Morgan fingerprint density at radius 1 is 1.12 bits per heavy atom. The summed E-state index contributed by atoms with van der Waals surface area (Å²) >= 11 is 0. The van der Waals surface area contributed by atoms with Crippen LogP contribution in [-0.4, -0.2) is 23.5 Å². The Balaban J connectivity index is 1.90. The lowest BCUT2D eigenvalue weighted by Crippen LogP contribution is -2.38. The highest BCUT2D eigenvalue weighted by molar-refractivity contribution is 5.76. The number of amides is 1. The molecule has 0 saturated carbocycles. The molecule has 2 aromatic rings. The number of hydrogen-bond acceptors (Lipinski definition) is 3. The summed E-state index contributed by atoms with van der Waals surface area (Å²) in [5, 5.41) is 6.62. The van der Waals surface area contributed by atoms with Crippen molar-refractivity contribution in [1.82, 2.24) is 10.3 Å². The highest BCUT2D eigenvalue weighted by atomic mass is 16.1. The molecule has 0 bridgehead atoms. The zero-order valence-electron chi connectivity index (χ0n) is 15.2. The van der Waals surface area contributed by atoms with Gasteiger partial charge in [0.05, 0.1) is 0 Å². The minimum absolute atomic E-state index is 0.133. The lowest BCUT2D eigenvalue weighted by Gasteiger charge is -2.20. The molecule has 0 aliphatic rings. The predicted octanol–water partition coefficient (Wildman–Crippen LogP) is 4.05. The fourth-order valence-electron chi connectivity index (χ4n) is 2.73. The molecule has 0 aliphatic carbocycles. The molecule has 4 heteroatoms. The van der Waals surface area contributed by atoms with E-state index in [1.165, 1.54) is 5.56 Å². The van der Waals surface area contributed by atoms with Crippen LogP contribution in [0.4, 0.5) is 5.69 Å². The van der Waals surface area contributed by atoms with Gasteiger partial charge in [-0.25, -0.2) is 0 Å². The molecule has 2 atom stereocenters. The lowest BCUT2D eigenvalue weighted by atomic mass is 10.0. The molecular formula is C21H29N3O. The number of nitrogens with zero attached hydrogens (tertiary/aromatic N) is 1. The molecule has 134 valence electrons. The fourth-order valence-corrected chi connectivity index (χ4v) is 2.73. The van der Waals surface area contributed by atoms with Crippen molar-refractivity contribution in [2.24, 2.45) is 5.92 Å². The summed E-state index contributed by atoms with van der Waals surface area (Å²) in [4.78, 5) is 16.3. The predicted molar refractivity (Wildman–Crippen MR) is 103 cm³/mol. The van der Waals surface area contributed by atoms with Crippen molar-refractivity contribution in [2.75, 3.05) is 11.9 Å². The van der Waals surface area contributed by atoms with Gasteiger partial charge in [-0.1, -0.05) is 50.6 Å². The van der Waals surface area contributed by atoms with Crippen LogP contribution in [0.15, 0.2) is 54.9 Å². The summed E-state index contributed by atoms with van der Waals surface area (Å²) in [5.41, 5.74) is 2.31. The average Bonchev–Trinajstić information content (AvgIpc) is 2.63. The van der Waals surface area contributed by atoms with E-state index in [1.54, 1.807) is 12.4 Å². The van der Waals surface area contributed by atoms with Crippen molar-refractivity contribution in [3.63, 3.8) is 0 Å². The number of aromatic nitrogens is 1. The molecule has 4 nitrogen and oxygen atoms in total. The van der Waals surface area contributed by atoms with E-state index in [0.29, 0.717) is 12.3 Å². The maximum Gasteiger partial charge on any atom is 0.220 e. The number of benzene rings is 1. The number of carbonyl (C=O) groups is 1. The highest BCUT2D eigenvalue weighted by Gasteiger charge is 2.14. The van der Waals surface area contributed by atoms with Gasteiger partial charge in [-0.2, -0.15) is 0 Å². The maximum atomic E-state index is 12.3. The third-order valence-corrected chi connectivity index (χ3v) is 4.42. The number of pyridine rings is 1. The fraction of sp³-hybridized carbons (Fsp3) is 0.429. The van der Waals surface area contributed by atoms with Crippen LogP contribution in [0.3, 0.4) is 0 Å². The Hall–Kier alpha value is -2.36. The van der Waals surface area contributed by atoms with E-state index in [-0.39, 0.29) is 11.9 Å². The minimum atomic E-state index is 0.133. The molecule has 0 saturated heterocycles. The van der Waals surface area contributed by atoms with E-state index >= 15 is 0 Å². The molecule has 2 rings (SSSR count). The largest absolute Gasteiger partial charge is 0.385 e. The molecule has 25 heavy (non-hydrogen) atoms. The maximum absolute atomic E-state index is 12.3. The number of anilines is 1. The first-order valence-corrected chi connectivity index (χ1v) is 9.14. The van der Waals surface area contributed by atoms with Gasteiger partial charge >= 0.3 is 0 Å². The summed E-state index contributed by atoms with van der Waals surface area (Å²) < 4.78 is 0. The summed E-state index contributed by atoms with van der Waals surface area (Å²) in [7, 11) is 0. The Morgan fingerprint density at radius 2 is 1.84 bits per heavy atom. The molecule has 0 fully saturated rings. The van der Waals surface area contributed by atoms with Crippen molar-refractivity contribution < 1.29 is 4.79 Å². The second-order valence-corrected chi connectivity index (χ2v) is 6.62. The molecule has 2 unspecified atom stereocenters. The van der Waals surface area contributed by atoms with Crippen LogP contribution in [0.25, 0.3) is 0 Å². The van der Waals surface area contributed by atoms with Gasteiger partial charge in [-0.05, 0) is 36.5 Å². The zero-order valence-corrected chi connectivity index (χ0v) is 15.2. The first-order chi connectivity index (χ1) is 12.2. The second kappa shape index (κ2) is 10.5. The van der Waals surface area contributed by atoms with Crippen LogP contribution in [0, 0.1) is 5.92 Å². The van der Waals surface area contributed by atoms with Crippen molar-refractivity contribution in [3.8, 4) is 0 Å². The SMILES string of the molecule is CCC(C)CC(=O)NC(CCNc1ccncc1)Cc1ccccc1. The number of nitrogens with one attached hydrogen (secondary N) is 2. The van der Waals surface area contributed by atoms with Gasteiger partial charge in [-0.15, -0.1) is 0 Å². The van der Waals surface area contributed by atoms with Crippen molar-refractivity contribution in [2.45, 2.75) is 45.6 Å². The monoisotopic (exact) mass is 339 g/mol. The van der Waals surface area contributed by atoms with Gasteiger partial charge in [0.15, 0.2) is 0 Å². The topological polar surface area (TPSA) is 54.0 Å². The molecule has 0 spiro atoms. The van der Waals surface area contributed by atoms with E-state index in [9.17, 15) is 4.79 Å². The van der Waals surface area contributed by atoms with Crippen LogP contribution < -0.4 is 10.6 Å². The molecule has 0 radical (unpaired) electrons. The molecule has 1 aromatic carbocycles. The molecule has 1 heterocycles. The molecule has 1 amide bonds. The zero-order chi connectivity index (χ0) is 17.9. The van der Waals surface area contributed by atoms with E-state index in [2.05, 4.69) is 41.6 Å². The van der Waals surface area contributed by atoms with Crippen molar-refractivity contribution in [3.05, 3.63) is 60.4 Å². The first-order valence-electron chi connectivity index (χ1n) is 9.14. The van der Waals surface area contributed by atoms with Crippen LogP contribution >= 0.6 is 0 Å². The molecule has 2 N–H and O–H groups in total. The van der Waals surface area contributed by atoms with E-state index in [0.717, 1.165) is 31.5 Å². The van der Waals surface area contributed by atoms with Gasteiger partial charge in [0, 0.05) is 37.1 Å². The Bertz CT molecular complexity index is 616.